The van der Waals surface area contributed by atoms with Crippen LogP contribution in [0.3, 0.4) is 0 Å². The van der Waals surface area contributed by atoms with Gasteiger partial charge in [-0.3, -0.25) is 24.1 Å². The average molecular weight is 491 g/mol. The molecule has 0 fully saturated rings. The van der Waals surface area contributed by atoms with E-state index in [1.165, 1.54) is 12.1 Å². The van der Waals surface area contributed by atoms with Crippen LogP contribution in [-0.2, 0) is 14.3 Å². The van der Waals surface area contributed by atoms with Crippen LogP contribution in [-0.4, -0.2) is 39.7 Å². The quantitative estimate of drug-likeness (QED) is 0.408. The second kappa shape index (κ2) is 10.5. The summed E-state index contributed by atoms with van der Waals surface area (Å²) < 4.78 is 5.72. The summed E-state index contributed by atoms with van der Waals surface area (Å²) in [5.74, 6) is -4.29. The highest BCUT2D eigenvalue weighted by molar-refractivity contribution is 6.23. The molecule has 36 heavy (non-hydrogen) atoms. The van der Waals surface area contributed by atoms with E-state index in [9.17, 15) is 19.2 Å². The number of benzene rings is 2. The second-order valence-corrected chi connectivity index (χ2v) is 10.5. The maximum Gasteiger partial charge on any atom is 0.312 e. The van der Waals surface area contributed by atoms with E-state index in [0.717, 1.165) is 10.5 Å². The Kier molecular flexibility index (Phi) is 7.82. The first-order valence-corrected chi connectivity index (χ1v) is 12.1. The minimum absolute atomic E-state index is 0.0108. The van der Waals surface area contributed by atoms with Gasteiger partial charge in [0.1, 0.15) is 11.1 Å². The molecule has 2 aromatic rings. The summed E-state index contributed by atoms with van der Waals surface area (Å²) in [5.41, 5.74) is 4.50. The molecule has 1 aliphatic rings. The van der Waals surface area contributed by atoms with Gasteiger partial charge in [0.05, 0.1) is 17.0 Å². The third-order valence-corrected chi connectivity index (χ3v) is 6.09. The molecule has 0 unspecified atom stereocenters. The van der Waals surface area contributed by atoms with Crippen molar-refractivity contribution in [3.05, 3.63) is 77.4 Å². The molecular formula is C29H34N2O5. The number of allylic oxidation sites excluding steroid dienone is 1. The maximum absolute atomic E-state index is 13.7. The number of nitrogens with two attached hydrogens (primary N) is 1. The molecule has 1 aliphatic heterocycles. The first kappa shape index (κ1) is 26.9. The summed E-state index contributed by atoms with van der Waals surface area (Å²) in [4.78, 5) is 55.1. The molecule has 3 amide bonds. The van der Waals surface area contributed by atoms with Gasteiger partial charge in [-0.05, 0) is 57.2 Å². The number of rotatable bonds is 9. The van der Waals surface area contributed by atoms with Crippen LogP contribution in [0.1, 0.15) is 73.7 Å². The molecule has 7 nitrogen and oxygen atoms in total. The van der Waals surface area contributed by atoms with Gasteiger partial charge in [-0.1, -0.05) is 68.5 Å². The summed E-state index contributed by atoms with van der Waals surface area (Å²) in [7, 11) is 0. The molecule has 0 spiro atoms. The van der Waals surface area contributed by atoms with E-state index in [1.807, 2.05) is 50.3 Å². The number of primary amides is 1. The highest BCUT2D eigenvalue weighted by atomic mass is 16.6. The van der Waals surface area contributed by atoms with Crippen LogP contribution in [0.4, 0.5) is 0 Å². The number of imide groups is 1. The minimum Gasteiger partial charge on any atom is -0.460 e. The van der Waals surface area contributed by atoms with Crippen molar-refractivity contribution in [1.82, 2.24) is 4.90 Å². The normalized spacial score (nSPS) is 16.2. The second-order valence-electron chi connectivity index (χ2n) is 10.5. The minimum atomic E-state index is -1.93. The molecule has 2 N–H and O–H groups in total. The third kappa shape index (κ3) is 5.40. The van der Waals surface area contributed by atoms with Gasteiger partial charge in [-0.2, -0.15) is 0 Å². The Morgan fingerprint density at radius 2 is 1.47 bits per heavy atom. The number of esters is 1. The number of nitrogens with zero attached hydrogens (tertiary/aromatic N) is 1. The Balaban J connectivity index is 2.17. The Labute approximate surface area is 212 Å². The summed E-state index contributed by atoms with van der Waals surface area (Å²) in [5, 5.41) is 0. The summed E-state index contributed by atoms with van der Waals surface area (Å²) >= 11 is 0. The highest BCUT2D eigenvalue weighted by Gasteiger charge is 2.59. The van der Waals surface area contributed by atoms with Crippen LogP contribution in [0.5, 0.6) is 0 Å². The lowest BCUT2D eigenvalue weighted by atomic mass is 9.73. The van der Waals surface area contributed by atoms with E-state index in [1.54, 1.807) is 39.0 Å². The Morgan fingerprint density at radius 1 is 0.944 bits per heavy atom. The molecule has 0 aromatic heterocycles. The van der Waals surface area contributed by atoms with Crippen molar-refractivity contribution >= 4 is 29.8 Å². The third-order valence-electron chi connectivity index (χ3n) is 6.09. The van der Waals surface area contributed by atoms with Crippen molar-refractivity contribution in [3.63, 3.8) is 0 Å². The van der Waals surface area contributed by atoms with Crippen LogP contribution in [0, 0.1) is 11.8 Å². The van der Waals surface area contributed by atoms with Gasteiger partial charge < -0.3 is 10.5 Å². The van der Waals surface area contributed by atoms with E-state index in [0.29, 0.717) is 0 Å². The van der Waals surface area contributed by atoms with Gasteiger partial charge in [0.15, 0.2) is 0 Å². The highest BCUT2D eigenvalue weighted by Crippen LogP contribution is 2.41. The van der Waals surface area contributed by atoms with Crippen LogP contribution < -0.4 is 5.73 Å². The van der Waals surface area contributed by atoms with Gasteiger partial charge in [-0.15, -0.1) is 0 Å². The van der Waals surface area contributed by atoms with Crippen LogP contribution in [0.2, 0.25) is 0 Å². The summed E-state index contributed by atoms with van der Waals surface area (Å²) in [6.45, 7) is 8.86. The Bertz CT molecular complexity index is 1140. The first-order valence-electron chi connectivity index (χ1n) is 12.1. The van der Waals surface area contributed by atoms with Crippen molar-refractivity contribution in [2.45, 2.75) is 58.6 Å². The molecule has 0 aliphatic carbocycles. The lowest BCUT2D eigenvalue weighted by Crippen LogP contribution is -2.66. The Hall–Kier alpha value is -3.74. The zero-order valence-corrected chi connectivity index (χ0v) is 21.5. The molecular weight excluding hydrogens is 456 g/mol. The number of carbonyl (C=O) groups is 4. The van der Waals surface area contributed by atoms with E-state index in [-0.39, 0.29) is 29.9 Å². The van der Waals surface area contributed by atoms with Crippen molar-refractivity contribution in [1.29, 1.82) is 0 Å². The molecule has 0 radical (unpaired) electrons. The standard InChI is InChI=1S/C29H34N2O5/c1-19(2)18-29(27(30)35,31-24(32)21-15-9-10-16-22(21)25(31)33)23(26(34)36-28(3,4)5)17-11-14-20-12-7-6-8-13-20/h6-16,19,23H,17-18H2,1-5H3,(H2,30,35)/b14-11+/t23-,29-/m1/s1. The SMILES string of the molecule is CC(C)C[C@](C(N)=O)([C@H](C/C=C/c1ccccc1)C(=O)OC(C)(C)C)N1C(=O)c2ccccc2C1=O. The van der Waals surface area contributed by atoms with Crippen LogP contribution >= 0.6 is 0 Å². The van der Waals surface area contributed by atoms with E-state index in [4.69, 9.17) is 10.5 Å². The summed E-state index contributed by atoms with van der Waals surface area (Å²) in [6, 6.07) is 15.8. The fourth-order valence-electron chi connectivity index (χ4n) is 4.71. The number of carbonyl (C=O) groups excluding carboxylic acids is 4. The number of amides is 3. The predicted octanol–water partition coefficient (Wildman–Crippen LogP) is 4.61. The molecule has 190 valence electrons. The predicted molar refractivity (Wildman–Crippen MR) is 138 cm³/mol. The zero-order valence-electron chi connectivity index (χ0n) is 21.5. The molecule has 3 rings (SSSR count). The number of ether oxygens (including phenoxy) is 1. The Morgan fingerprint density at radius 3 is 1.94 bits per heavy atom. The largest absolute Gasteiger partial charge is 0.460 e. The van der Waals surface area contributed by atoms with E-state index >= 15 is 0 Å². The number of hydrogen-bond acceptors (Lipinski definition) is 5. The van der Waals surface area contributed by atoms with Crippen molar-refractivity contribution in [3.8, 4) is 0 Å². The van der Waals surface area contributed by atoms with Crippen LogP contribution in [0.25, 0.3) is 6.08 Å². The number of fused-ring (bicyclic) bond motifs is 1. The molecule has 7 heteroatoms. The van der Waals surface area contributed by atoms with Gasteiger partial charge in [0.25, 0.3) is 11.8 Å². The van der Waals surface area contributed by atoms with E-state index < -0.39 is 40.7 Å². The lowest BCUT2D eigenvalue weighted by molar-refractivity contribution is -0.167. The van der Waals surface area contributed by atoms with Gasteiger partial charge in [-0.25, -0.2) is 0 Å². The van der Waals surface area contributed by atoms with E-state index in [2.05, 4.69) is 0 Å². The number of hydrogen-bond donors (Lipinski definition) is 1. The first-order chi connectivity index (χ1) is 16.9. The van der Waals surface area contributed by atoms with Gasteiger partial charge >= 0.3 is 5.97 Å². The van der Waals surface area contributed by atoms with Crippen molar-refractivity contribution in [2.75, 3.05) is 0 Å². The van der Waals surface area contributed by atoms with Gasteiger partial charge in [0, 0.05) is 0 Å². The average Bonchev–Trinajstić information content (AvgIpc) is 3.05. The molecule has 2 aromatic carbocycles. The lowest BCUT2D eigenvalue weighted by Gasteiger charge is -2.44. The monoisotopic (exact) mass is 490 g/mol. The molecule has 0 saturated carbocycles. The summed E-state index contributed by atoms with van der Waals surface area (Å²) in [6.07, 6.45) is 3.62. The smallest absolute Gasteiger partial charge is 0.312 e. The fourth-order valence-corrected chi connectivity index (χ4v) is 4.71. The van der Waals surface area contributed by atoms with Crippen molar-refractivity contribution < 1.29 is 23.9 Å². The van der Waals surface area contributed by atoms with Gasteiger partial charge in [0.2, 0.25) is 5.91 Å². The molecule has 0 bridgehead atoms. The molecule has 0 saturated heterocycles. The maximum atomic E-state index is 13.7. The zero-order chi connectivity index (χ0) is 26.7. The molecule has 2 atom stereocenters. The fraction of sp³-hybridized carbons (Fsp3) is 0.379. The van der Waals surface area contributed by atoms with Crippen molar-refractivity contribution in [2.24, 2.45) is 17.6 Å². The molecule has 1 heterocycles. The van der Waals surface area contributed by atoms with Crippen LogP contribution in [0.15, 0.2) is 60.7 Å². The topological polar surface area (TPSA) is 107 Å².